The van der Waals surface area contributed by atoms with Gasteiger partial charge in [-0.3, -0.25) is 0 Å². The second-order valence-electron chi connectivity index (χ2n) is 4.39. The molecule has 1 saturated carbocycles. The number of nitrogens with zero attached hydrogens (tertiary/aromatic N) is 3. The Labute approximate surface area is 113 Å². The van der Waals surface area contributed by atoms with Crippen LogP contribution in [0.15, 0.2) is 23.2 Å². The van der Waals surface area contributed by atoms with E-state index in [9.17, 15) is 21.6 Å². The van der Waals surface area contributed by atoms with Gasteiger partial charge in [-0.1, -0.05) is 0 Å². The molecular formula is C11H10F3N3O2S. The molecule has 1 fully saturated rings. The molecule has 9 heteroatoms. The van der Waals surface area contributed by atoms with Gasteiger partial charge < -0.3 is 0 Å². The first-order valence-electron chi connectivity index (χ1n) is 5.69. The molecular weight excluding hydrogens is 295 g/mol. The summed E-state index contributed by atoms with van der Waals surface area (Å²) in [5.74, 6) is 0. The summed E-state index contributed by atoms with van der Waals surface area (Å²) in [5.41, 5.74) is -0.00209. The van der Waals surface area contributed by atoms with Crippen molar-refractivity contribution in [3.63, 3.8) is 0 Å². The maximum absolute atomic E-state index is 12.5. The third kappa shape index (κ3) is 3.26. The first-order chi connectivity index (χ1) is 9.24. The van der Waals surface area contributed by atoms with Crippen LogP contribution in [-0.4, -0.2) is 36.5 Å². The van der Waals surface area contributed by atoms with Crippen molar-refractivity contribution in [3.8, 4) is 6.07 Å². The third-order valence-corrected chi connectivity index (χ3v) is 4.63. The zero-order valence-corrected chi connectivity index (χ0v) is 10.9. The lowest BCUT2D eigenvalue weighted by Gasteiger charge is -2.22. The number of halogens is 3. The van der Waals surface area contributed by atoms with E-state index < -0.39 is 28.8 Å². The van der Waals surface area contributed by atoms with Crippen LogP contribution in [0.4, 0.5) is 13.2 Å². The highest BCUT2D eigenvalue weighted by atomic mass is 32.2. The van der Waals surface area contributed by atoms with E-state index in [2.05, 4.69) is 4.98 Å². The van der Waals surface area contributed by atoms with Crippen molar-refractivity contribution in [2.24, 2.45) is 0 Å². The van der Waals surface area contributed by atoms with Gasteiger partial charge in [-0.15, -0.1) is 0 Å². The summed E-state index contributed by atoms with van der Waals surface area (Å²) >= 11 is 0. The molecule has 0 radical (unpaired) electrons. The number of alkyl halides is 3. The number of rotatable bonds is 4. The number of pyridine rings is 1. The predicted molar refractivity (Wildman–Crippen MR) is 61.9 cm³/mol. The minimum Gasteiger partial charge on any atom is -0.244 e. The molecule has 1 heterocycles. The lowest BCUT2D eigenvalue weighted by atomic mass is 10.4. The van der Waals surface area contributed by atoms with Crippen molar-refractivity contribution in [1.29, 1.82) is 5.26 Å². The quantitative estimate of drug-likeness (QED) is 0.848. The van der Waals surface area contributed by atoms with E-state index in [1.165, 1.54) is 0 Å². The summed E-state index contributed by atoms with van der Waals surface area (Å²) in [5, 5.41) is 8.57. The third-order valence-electron chi connectivity index (χ3n) is 2.75. The van der Waals surface area contributed by atoms with E-state index in [4.69, 9.17) is 5.26 Å². The Morgan fingerprint density at radius 3 is 2.45 bits per heavy atom. The molecule has 0 amide bonds. The predicted octanol–water partition coefficient (Wildman–Crippen LogP) is 1.67. The van der Waals surface area contributed by atoms with Gasteiger partial charge in [-0.05, 0) is 25.0 Å². The van der Waals surface area contributed by atoms with Gasteiger partial charge in [0, 0.05) is 12.2 Å². The van der Waals surface area contributed by atoms with Crippen LogP contribution in [0.25, 0.3) is 0 Å². The van der Waals surface area contributed by atoms with Crippen molar-refractivity contribution in [1.82, 2.24) is 9.29 Å². The van der Waals surface area contributed by atoms with Crippen LogP contribution < -0.4 is 0 Å². The molecule has 1 aliphatic rings. The fraction of sp³-hybridized carbons (Fsp3) is 0.455. The second kappa shape index (κ2) is 5.03. The Bertz CT molecular complexity index is 630. The molecule has 5 nitrogen and oxygen atoms in total. The van der Waals surface area contributed by atoms with E-state index >= 15 is 0 Å². The standard InChI is InChI=1S/C11H10F3N3O2S/c12-11(13,14)7-17(9-2-3-9)20(18,19)10-4-1-8(5-15)16-6-10/h1,4,6,9H,2-3,7H2. The lowest BCUT2D eigenvalue weighted by molar-refractivity contribution is -0.137. The van der Waals surface area contributed by atoms with Gasteiger partial charge in [0.15, 0.2) is 0 Å². The molecule has 0 bridgehead atoms. The molecule has 108 valence electrons. The molecule has 0 aliphatic heterocycles. The summed E-state index contributed by atoms with van der Waals surface area (Å²) in [6.07, 6.45) is -2.87. The maximum atomic E-state index is 12.5. The van der Waals surface area contributed by atoms with Crippen molar-refractivity contribution < 1.29 is 21.6 Å². The molecule has 0 saturated heterocycles. The van der Waals surface area contributed by atoms with Crippen LogP contribution in [0.1, 0.15) is 18.5 Å². The zero-order valence-electron chi connectivity index (χ0n) is 10.1. The molecule has 2 rings (SSSR count). The average Bonchev–Trinajstić information content (AvgIpc) is 3.19. The fourth-order valence-corrected chi connectivity index (χ4v) is 3.30. The Balaban J connectivity index is 2.32. The van der Waals surface area contributed by atoms with Gasteiger partial charge in [0.25, 0.3) is 0 Å². The molecule has 0 spiro atoms. The Hall–Kier alpha value is -1.66. The summed E-state index contributed by atoms with van der Waals surface area (Å²) in [6, 6.07) is 3.34. The smallest absolute Gasteiger partial charge is 0.244 e. The largest absolute Gasteiger partial charge is 0.402 e. The monoisotopic (exact) mass is 305 g/mol. The van der Waals surface area contributed by atoms with E-state index in [0.29, 0.717) is 17.1 Å². The van der Waals surface area contributed by atoms with Crippen molar-refractivity contribution in [2.75, 3.05) is 6.54 Å². The Kier molecular flexibility index (Phi) is 3.71. The van der Waals surface area contributed by atoms with E-state index in [0.717, 1.165) is 18.3 Å². The van der Waals surface area contributed by atoms with E-state index in [-0.39, 0.29) is 10.6 Å². The summed E-state index contributed by atoms with van der Waals surface area (Å²) < 4.78 is 62.3. The maximum Gasteiger partial charge on any atom is 0.402 e. The van der Waals surface area contributed by atoms with Gasteiger partial charge in [-0.2, -0.15) is 22.7 Å². The minimum atomic E-state index is -4.60. The van der Waals surface area contributed by atoms with E-state index in [1.807, 2.05) is 0 Å². The topological polar surface area (TPSA) is 74.1 Å². The number of aromatic nitrogens is 1. The molecule has 0 N–H and O–H groups in total. The van der Waals surface area contributed by atoms with Crippen LogP contribution in [0.3, 0.4) is 0 Å². The molecule has 20 heavy (non-hydrogen) atoms. The van der Waals surface area contributed by atoms with Crippen LogP contribution in [-0.2, 0) is 10.0 Å². The summed E-state index contributed by atoms with van der Waals surface area (Å²) in [6.45, 7) is -1.51. The van der Waals surface area contributed by atoms with Crippen molar-refractivity contribution >= 4 is 10.0 Å². The average molecular weight is 305 g/mol. The van der Waals surface area contributed by atoms with Crippen molar-refractivity contribution in [3.05, 3.63) is 24.0 Å². The first kappa shape index (κ1) is 14.7. The Morgan fingerprint density at radius 2 is 2.05 bits per heavy atom. The highest BCUT2D eigenvalue weighted by molar-refractivity contribution is 7.89. The van der Waals surface area contributed by atoms with Crippen LogP contribution in [0.2, 0.25) is 0 Å². The van der Waals surface area contributed by atoms with Crippen molar-refractivity contribution in [2.45, 2.75) is 30.0 Å². The first-order valence-corrected chi connectivity index (χ1v) is 7.13. The van der Waals surface area contributed by atoms with Gasteiger partial charge >= 0.3 is 6.18 Å². The molecule has 1 aliphatic carbocycles. The SMILES string of the molecule is N#Cc1ccc(S(=O)(=O)N(CC(F)(F)F)C2CC2)cn1. The van der Waals surface area contributed by atoms with Crippen LogP contribution >= 0.6 is 0 Å². The molecule has 0 aromatic carbocycles. The number of nitriles is 1. The van der Waals surface area contributed by atoms with Gasteiger partial charge in [0.05, 0.1) is 0 Å². The highest BCUT2D eigenvalue weighted by Gasteiger charge is 2.44. The molecule has 0 atom stereocenters. The Morgan fingerprint density at radius 1 is 1.40 bits per heavy atom. The summed E-state index contributed by atoms with van der Waals surface area (Å²) in [4.78, 5) is 3.23. The number of hydrogen-bond donors (Lipinski definition) is 0. The normalized spacial score (nSPS) is 16.1. The second-order valence-corrected chi connectivity index (χ2v) is 6.28. The highest BCUT2D eigenvalue weighted by Crippen LogP contribution is 2.34. The van der Waals surface area contributed by atoms with Crippen LogP contribution in [0, 0.1) is 11.3 Å². The van der Waals surface area contributed by atoms with Gasteiger partial charge in [0.2, 0.25) is 10.0 Å². The van der Waals surface area contributed by atoms with Gasteiger partial charge in [-0.25, -0.2) is 13.4 Å². The molecule has 0 unspecified atom stereocenters. The summed E-state index contributed by atoms with van der Waals surface area (Å²) in [7, 11) is -4.25. The van der Waals surface area contributed by atoms with Crippen LogP contribution in [0.5, 0.6) is 0 Å². The zero-order chi connectivity index (χ0) is 15.0. The fourth-order valence-electron chi connectivity index (χ4n) is 1.68. The molecule has 1 aromatic rings. The number of hydrogen-bond acceptors (Lipinski definition) is 4. The van der Waals surface area contributed by atoms with E-state index in [1.54, 1.807) is 6.07 Å². The minimum absolute atomic E-state index is 0.00209. The molecule has 1 aromatic heterocycles. The lowest BCUT2D eigenvalue weighted by Crippen LogP contribution is -2.40. The van der Waals surface area contributed by atoms with Gasteiger partial charge in [0.1, 0.15) is 23.2 Å². The number of sulfonamides is 1.